The maximum atomic E-state index is 9.86. The fourth-order valence-corrected chi connectivity index (χ4v) is 3.34. The lowest BCUT2D eigenvalue weighted by molar-refractivity contribution is 0.346. The van der Waals surface area contributed by atoms with Gasteiger partial charge in [-0.1, -0.05) is 24.3 Å². The summed E-state index contributed by atoms with van der Waals surface area (Å²) in [5.74, 6) is 0.503. The second kappa shape index (κ2) is 5.69. The van der Waals surface area contributed by atoms with Crippen LogP contribution in [0.2, 0.25) is 0 Å². The lowest BCUT2D eigenvalue weighted by Gasteiger charge is -2.13. The summed E-state index contributed by atoms with van der Waals surface area (Å²) in [6, 6.07) is 14.5. The minimum absolute atomic E-state index is 0.248. The summed E-state index contributed by atoms with van der Waals surface area (Å²) in [6.07, 6.45) is 0. The van der Waals surface area contributed by atoms with Crippen LogP contribution < -0.4 is 0 Å². The van der Waals surface area contributed by atoms with E-state index in [0.717, 1.165) is 35.6 Å². The number of aromatic nitrogens is 2. The fraction of sp³-hybridized carbons (Fsp3) is 0.211. The number of rotatable bonds is 3. The molecule has 2 N–H and O–H groups in total. The van der Waals surface area contributed by atoms with Crippen LogP contribution in [0.3, 0.4) is 0 Å². The van der Waals surface area contributed by atoms with Crippen LogP contribution in [0, 0.1) is 0 Å². The third-order valence-electron chi connectivity index (χ3n) is 4.34. The molecule has 122 valence electrons. The van der Waals surface area contributed by atoms with E-state index < -0.39 is 0 Å². The van der Waals surface area contributed by atoms with Gasteiger partial charge in [0.15, 0.2) is 0 Å². The van der Waals surface area contributed by atoms with Gasteiger partial charge in [-0.3, -0.25) is 9.58 Å². The van der Waals surface area contributed by atoms with Crippen molar-refractivity contribution in [3.63, 3.8) is 0 Å². The summed E-state index contributed by atoms with van der Waals surface area (Å²) in [6.45, 7) is 2.25. The molecule has 0 spiro atoms. The average Bonchev–Trinajstić information content (AvgIpc) is 3.02. The zero-order chi connectivity index (χ0) is 16.7. The first-order valence-electron chi connectivity index (χ1n) is 7.94. The third-order valence-corrected chi connectivity index (χ3v) is 4.34. The van der Waals surface area contributed by atoms with E-state index >= 15 is 0 Å². The molecule has 0 unspecified atom stereocenters. The molecule has 0 atom stereocenters. The standard InChI is InChI=1S/C19H19N3O2/c1-21-11-17-18(12-21)20-22(10-13-4-2-6-15(23)8-13)19(17)14-5-3-7-16(24)9-14/h2-9,23-24H,10-12H2,1H3. The van der Waals surface area contributed by atoms with E-state index in [4.69, 9.17) is 5.10 Å². The second-order valence-corrected chi connectivity index (χ2v) is 6.32. The van der Waals surface area contributed by atoms with Crippen molar-refractivity contribution in [1.82, 2.24) is 14.7 Å². The number of fused-ring (bicyclic) bond motifs is 1. The Kier molecular flexibility index (Phi) is 3.50. The van der Waals surface area contributed by atoms with Crippen molar-refractivity contribution in [3.05, 3.63) is 65.4 Å². The van der Waals surface area contributed by atoms with E-state index in [2.05, 4.69) is 11.9 Å². The molecule has 0 aliphatic carbocycles. The van der Waals surface area contributed by atoms with Gasteiger partial charge in [0.05, 0.1) is 17.9 Å². The van der Waals surface area contributed by atoms with Crippen LogP contribution in [0.4, 0.5) is 0 Å². The Morgan fingerprint density at radius 1 is 1.00 bits per heavy atom. The van der Waals surface area contributed by atoms with E-state index in [1.165, 1.54) is 5.56 Å². The van der Waals surface area contributed by atoms with Crippen molar-refractivity contribution in [2.45, 2.75) is 19.6 Å². The van der Waals surface area contributed by atoms with Gasteiger partial charge in [0.1, 0.15) is 11.5 Å². The Labute approximate surface area is 140 Å². The Bertz CT molecular complexity index is 901. The molecule has 0 fully saturated rings. The van der Waals surface area contributed by atoms with Crippen LogP contribution in [0.25, 0.3) is 11.3 Å². The summed E-state index contributed by atoms with van der Waals surface area (Å²) in [7, 11) is 2.08. The highest BCUT2D eigenvalue weighted by atomic mass is 16.3. The number of hydrogen-bond donors (Lipinski definition) is 2. The van der Waals surface area contributed by atoms with Crippen LogP contribution in [-0.2, 0) is 19.6 Å². The van der Waals surface area contributed by atoms with E-state index in [-0.39, 0.29) is 11.5 Å². The third kappa shape index (κ3) is 2.63. The predicted octanol–water partition coefficient (Wildman–Crippen LogP) is 2.96. The fourth-order valence-electron chi connectivity index (χ4n) is 3.34. The first kappa shape index (κ1) is 14.8. The number of phenolic OH excluding ortho intramolecular Hbond substituents is 2. The van der Waals surface area contributed by atoms with Crippen molar-refractivity contribution in [3.8, 4) is 22.8 Å². The Hall–Kier alpha value is -2.79. The summed E-state index contributed by atoms with van der Waals surface area (Å²) in [5, 5.41) is 24.3. The molecule has 0 amide bonds. The highest BCUT2D eigenvalue weighted by Gasteiger charge is 2.26. The minimum atomic E-state index is 0.248. The molecular formula is C19H19N3O2. The summed E-state index contributed by atoms with van der Waals surface area (Å²) < 4.78 is 1.97. The molecule has 0 saturated carbocycles. The van der Waals surface area contributed by atoms with Crippen molar-refractivity contribution in [2.24, 2.45) is 0 Å². The minimum Gasteiger partial charge on any atom is -0.508 e. The highest BCUT2D eigenvalue weighted by molar-refractivity contribution is 5.67. The molecule has 0 radical (unpaired) electrons. The number of phenols is 2. The molecule has 1 aromatic heterocycles. The highest BCUT2D eigenvalue weighted by Crippen LogP contribution is 2.34. The molecular weight excluding hydrogens is 302 g/mol. The van der Waals surface area contributed by atoms with Crippen molar-refractivity contribution >= 4 is 0 Å². The van der Waals surface area contributed by atoms with Crippen LogP contribution in [0.15, 0.2) is 48.5 Å². The van der Waals surface area contributed by atoms with Gasteiger partial charge in [-0.15, -0.1) is 0 Å². The van der Waals surface area contributed by atoms with Crippen LogP contribution >= 0.6 is 0 Å². The SMILES string of the molecule is CN1Cc2nn(Cc3cccc(O)c3)c(-c3cccc(O)c3)c2C1. The molecule has 4 rings (SSSR count). The van der Waals surface area contributed by atoms with Crippen LogP contribution in [-0.4, -0.2) is 31.9 Å². The van der Waals surface area contributed by atoms with Gasteiger partial charge in [0.2, 0.25) is 0 Å². The molecule has 0 saturated heterocycles. The zero-order valence-electron chi connectivity index (χ0n) is 13.5. The van der Waals surface area contributed by atoms with E-state index in [1.807, 2.05) is 28.9 Å². The smallest absolute Gasteiger partial charge is 0.116 e. The molecule has 1 aliphatic rings. The van der Waals surface area contributed by atoms with Gasteiger partial charge in [0, 0.05) is 24.2 Å². The lowest BCUT2D eigenvalue weighted by atomic mass is 10.1. The number of benzene rings is 2. The quantitative estimate of drug-likeness (QED) is 0.778. The van der Waals surface area contributed by atoms with Gasteiger partial charge < -0.3 is 10.2 Å². The van der Waals surface area contributed by atoms with E-state index in [1.54, 1.807) is 24.3 Å². The van der Waals surface area contributed by atoms with E-state index in [0.29, 0.717) is 6.54 Å². The van der Waals surface area contributed by atoms with Gasteiger partial charge in [0.25, 0.3) is 0 Å². The lowest BCUT2D eigenvalue weighted by Crippen LogP contribution is -2.12. The van der Waals surface area contributed by atoms with Crippen molar-refractivity contribution in [1.29, 1.82) is 0 Å². The maximum Gasteiger partial charge on any atom is 0.116 e. The van der Waals surface area contributed by atoms with Gasteiger partial charge in [-0.05, 0) is 36.9 Å². The summed E-state index contributed by atoms with van der Waals surface area (Å²) in [4.78, 5) is 2.22. The largest absolute Gasteiger partial charge is 0.508 e. The first-order valence-corrected chi connectivity index (χ1v) is 7.94. The van der Waals surface area contributed by atoms with Crippen LogP contribution in [0.1, 0.15) is 16.8 Å². The van der Waals surface area contributed by atoms with E-state index in [9.17, 15) is 10.2 Å². The Morgan fingerprint density at radius 3 is 2.50 bits per heavy atom. The maximum absolute atomic E-state index is 9.86. The van der Waals surface area contributed by atoms with Crippen molar-refractivity contribution < 1.29 is 10.2 Å². The zero-order valence-corrected chi connectivity index (χ0v) is 13.5. The molecule has 2 aromatic carbocycles. The topological polar surface area (TPSA) is 61.5 Å². The average molecular weight is 321 g/mol. The number of aromatic hydroxyl groups is 2. The monoisotopic (exact) mass is 321 g/mol. The molecule has 2 heterocycles. The summed E-state index contributed by atoms with van der Waals surface area (Å²) >= 11 is 0. The Balaban J connectivity index is 1.81. The molecule has 5 nitrogen and oxygen atoms in total. The number of nitrogens with zero attached hydrogens (tertiary/aromatic N) is 3. The summed E-state index contributed by atoms with van der Waals surface area (Å²) in [5.41, 5.74) is 5.28. The molecule has 0 bridgehead atoms. The molecule has 1 aliphatic heterocycles. The molecule has 3 aromatic rings. The predicted molar refractivity (Wildman–Crippen MR) is 91.7 cm³/mol. The normalized spacial score (nSPS) is 14.0. The van der Waals surface area contributed by atoms with Crippen LogP contribution in [0.5, 0.6) is 11.5 Å². The van der Waals surface area contributed by atoms with Gasteiger partial charge in [-0.2, -0.15) is 5.10 Å². The van der Waals surface area contributed by atoms with Gasteiger partial charge in [-0.25, -0.2) is 0 Å². The first-order chi connectivity index (χ1) is 11.6. The molecule has 24 heavy (non-hydrogen) atoms. The van der Waals surface area contributed by atoms with Crippen molar-refractivity contribution in [2.75, 3.05) is 7.05 Å². The second-order valence-electron chi connectivity index (χ2n) is 6.32. The van der Waals surface area contributed by atoms with Gasteiger partial charge >= 0.3 is 0 Å². The Morgan fingerprint density at radius 2 is 1.75 bits per heavy atom. The molecule has 5 heteroatoms. The number of hydrogen-bond acceptors (Lipinski definition) is 4.